The van der Waals surface area contributed by atoms with E-state index in [0.29, 0.717) is 6.54 Å². The fraction of sp³-hybridized carbons (Fsp3) is 0.600. The molecule has 21 heavy (non-hydrogen) atoms. The van der Waals surface area contributed by atoms with E-state index in [1.54, 1.807) is 0 Å². The van der Waals surface area contributed by atoms with Gasteiger partial charge in [0.2, 0.25) is 0 Å². The first-order valence-electron chi connectivity index (χ1n) is 7.70. The SMILES string of the molecule is CCNCCNC(=O)NC1CCN(c2ccccn2)CC1. The van der Waals surface area contributed by atoms with Gasteiger partial charge in [-0.25, -0.2) is 9.78 Å². The summed E-state index contributed by atoms with van der Waals surface area (Å²) in [6, 6.07) is 6.15. The smallest absolute Gasteiger partial charge is 0.315 e. The molecule has 6 heteroatoms. The lowest BCUT2D eigenvalue weighted by Gasteiger charge is -2.33. The van der Waals surface area contributed by atoms with Crippen LogP contribution in [0.15, 0.2) is 24.4 Å². The molecule has 0 radical (unpaired) electrons. The number of amides is 2. The van der Waals surface area contributed by atoms with Crippen LogP contribution in [0.5, 0.6) is 0 Å². The van der Waals surface area contributed by atoms with E-state index in [4.69, 9.17) is 0 Å². The number of pyridine rings is 1. The highest BCUT2D eigenvalue weighted by molar-refractivity contribution is 5.74. The third-order valence-corrected chi connectivity index (χ3v) is 3.64. The first-order valence-corrected chi connectivity index (χ1v) is 7.70. The van der Waals surface area contributed by atoms with Crippen molar-refractivity contribution in [3.63, 3.8) is 0 Å². The molecule has 1 fully saturated rings. The van der Waals surface area contributed by atoms with Crippen molar-refractivity contribution in [2.24, 2.45) is 0 Å². The Morgan fingerprint density at radius 3 is 2.81 bits per heavy atom. The Morgan fingerprint density at radius 1 is 1.33 bits per heavy atom. The summed E-state index contributed by atoms with van der Waals surface area (Å²) in [7, 11) is 0. The number of carbonyl (C=O) groups excluding carboxylic acids is 1. The third kappa shape index (κ3) is 5.23. The van der Waals surface area contributed by atoms with Crippen molar-refractivity contribution in [3.05, 3.63) is 24.4 Å². The largest absolute Gasteiger partial charge is 0.356 e. The molecule has 6 nitrogen and oxygen atoms in total. The molecular formula is C15H25N5O. The molecule has 1 aliphatic rings. The van der Waals surface area contributed by atoms with E-state index in [0.717, 1.165) is 44.8 Å². The number of nitrogens with zero attached hydrogens (tertiary/aromatic N) is 2. The number of piperidine rings is 1. The van der Waals surface area contributed by atoms with Gasteiger partial charge in [0.1, 0.15) is 5.82 Å². The number of nitrogens with one attached hydrogen (secondary N) is 3. The molecule has 0 atom stereocenters. The molecule has 1 saturated heterocycles. The van der Waals surface area contributed by atoms with E-state index in [1.165, 1.54) is 0 Å². The lowest BCUT2D eigenvalue weighted by molar-refractivity contribution is 0.234. The highest BCUT2D eigenvalue weighted by Crippen LogP contribution is 2.16. The van der Waals surface area contributed by atoms with E-state index in [-0.39, 0.29) is 12.1 Å². The van der Waals surface area contributed by atoms with Crippen LogP contribution in [-0.4, -0.2) is 49.8 Å². The minimum Gasteiger partial charge on any atom is -0.356 e. The van der Waals surface area contributed by atoms with Crippen molar-refractivity contribution in [2.45, 2.75) is 25.8 Å². The second-order valence-corrected chi connectivity index (χ2v) is 5.20. The van der Waals surface area contributed by atoms with Gasteiger partial charge in [-0.05, 0) is 31.5 Å². The molecular weight excluding hydrogens is 266 g/mol. The maximum atomic E-state index is 11.7. The number of urea groups is 1. The summed E-state index contributed by atoms with van der Waals surface area (Å²) in [5.41, 5.74) is 0. The molecule has 0 spiro atoms. The summed E-state index contributed by atoms with van der Waals surface area (Å²) >= 11 is 0. The summed E-state index contributed by atoms with van der Waals surface area (Å²) in [5.74, 6) is 1.02. The Bertz CT molecular complexity index is 417. The third-order valence-electron chi connectivity index (χ3n) is 3.64. The summed E-state index contributed by atoms with van der Waals surface area (Å²) in [6.45, 7) is 6.30. The lowest BCUT2D eigenvalue weighted by atomic mass is 10.1. The van der Waals surface area contributed by atoms with Crippen LogP contribution >= 0.6 is 0 Å². The molecule has 1 aromatic rings. The fourth-order valence-electron chi connectivity index (χ4n) is 2.47. The molecule has 2 amide bonds. The van der Waals surface area contributed by atoms with Gasteiger partial charge in [0, 0.05) is 38.4 Å². The maximum Gasteiger partial charge on any atom is 0.315 e. The topological polar surface area (TPSA) is 69.3 Å². The van der Waals surface area contributed by atoms with Crippen LogP contribution < -0.4 is 20.9 Å². The Kier molecular flexibility index (Phi) is 6.27. The molecule has 1 aromatic heterocycles. The molecule has 0 aliphatic carbocycles. The Balaban J connectivity index is 1.66. The average molecular weight is 291 g/mol. The fourth-order valence-corrected chi connectivity index (χ4v) is 2.47. The van der Waals surface area contributed by atoms with Crippen molar-refractivity contribution in [1.29, 1.82) is 0 Å². The minimum absolute atomic E-state index is 0.0656. The van der Waals surface area contributed by atoms with Crippen molar-refractivity contribution in [1.82, 2.24) is 20.9 Å². The van der Waals surface area contributed by atoms with Gasteiger partial charge in [0.25, 0.3) is 0 Å². The summed E-state index contributed by atoms with van der Waals surface area (Å²) in [6.07, 6.45) is 3.73. The maximum absolute atomic E-state index is 11.7. The van der Waals surface area contributed by atoms with Gasteiger partial charge in [-0.3, -0.25) is 0 Å². The summed E-state index contributed by atoms with van der Waals surface area (Å²) in [4.78, 5) is 18.4. The highest BCUT2D eigenvalue weighted by Gasteiger charge is 2.21. The van der Waals surface area contributed by atoms with Crippen LogP contribution in [0.2, 0.25) is 0 Å². The lowest BCUT2D eigenvalue weighted by Crippen LogP contribution is -2.49. The van der Waals surface area contributed by atoms with Gasteiger partial charge >= 0.3 is 6.03 Å². The standard InChI is InChI=1S/C15H25N5O/c1-2-16-9-10-18-15(21)19-13-6-11-20(12-7-13)14-5-3-4-8-17-14/h3-5,8,13,16H,2,6-7,9-12H2,1H3,(H2,18,19,21). The van der Waals surface area contributed by atoms with Gasteiger partial charge in [-0.15, -0.1) is 0 Å². The van der Waals surface area contributed by atoms with Crippen molar-refractivity contribution >= 4 is 11.8 Å². The molecule has 0 saturated carbocycles. The summed E-state index contributed by atoms with van der Waals surface area (Å²) < 4.78 is 0. The van der Waals surface area contributed by atoms with Crippen LogP contribution in [0, 0.1) is 0 Å². The number of aromatic nitrogens is 1. The molecule has 2 heterocycles. The summed E-state index contributed by atoms with van der Waals surface area (Å²) in [5, 5.41) is 9.09. The van der Waals surface area contributed by atoms with E-state index in [9.17, 15) is 4.79 Å². The van der Waals surface area contributed by atoms with E-state index in [2.05, 4.69) is 32.8 Å². The second kappa shape index (κ2) is 8.46. The Hall–Kier alpha value is -1.82. The number of rotatable bonds is 6. The van der Waals surface area contributed by atoms with Crippen LogP contribution in [0.25, 0.3) is 0 Å². The quantitative estimate of drug-likeness (QED) is 0.683. The zero-order valence-corrected chi connectivity index (χ0v) is 12.6. The van der Waals surface area contributed by atoms with Crippen molar-refractivity contribution in [3.8, 4) is 0 Å². The predicted molar refractivity (Wildman–Crippen MR) is 84.6 cm³/mol. The van der Waals surface area contributed by atoms with Gasteiger partial charge in [0.05, 0.1) is 0 Å². The molecule has 2 rings (SSSR count). The van der Waals surface area contributed by atoms with Gasteiger partial charge in [-0.1, -0.05) is 13.0 Å². The van der Waals surface area contributed by atoms with Crippen LogP contribution in [0.4, 0.5) is 10.6 Å². The van der Waals surface area contributed by atoms with Crippen LogP contribution in [0.1, 0.15) is 19.8 Å². The Labute approximate surface area is 126 Å². The number of likely N-dealkylation sites (N-methyl/N-ethyl adjacent to an activating group) is 1. The zero-order valence-electron chi connectivity index (χ0n) is 12.6. The first-order chi connectivity index (χ1) is 10.3. The van der Waals surface area contributed by atoms with Gasteiger partial charge in [0.15, 0.2) is 0 Å². The zero-order chi connectivity index (χ0) is 14.9. The normalized spacial score (nSPS) is 15.8. The van der Waals surface area contributed by atoms with E-state index in [1.807, 2.05) is 24.4 Å². The number of carbonyl (C=O) groups is 1. The molecule has 0 aromatic carbocycles. The van der Waals surface area contributed by atoms with Gasteiger partial charge < -0.3 is 20.9 Å². The first kappa shape index (κ1) is 15.6. The number of anilines is 1. The minimum atomic E-state index is -0.0656. The Morgan fingerprint density at radius 2 is 2.14 bits per heavy atom. The second-order valence-electron chi connectivity index (χ2n) is 5.20. The molecule has 0 unspecified atom stereocenters. The van der Waals surface area contributed by atoms with Crippen molar-refractivity contribution < 1.29 is 4.79 Å². The predicted octanol–water partition coefficient (Wildman–Crippen LogP) is 0.959. The van der Waals surface area contributed by atoms with E-state index >= 15 is 0 Å². The van der Waals surface area contributed by atoms with Gasteiger partial charge in [-0.2, -0.15) is 0 Å². The highest BCUT2D eigenvalue weighted by atomic mass is 16.2. The molecule has 116 valence electrons. The van der Waals surface area contributed by atoms with Crippen LogP contribution in [0.3, 0.4) is 0 Å². The average Bonchev–Trinajstić information content (AvgIpc) is 2.53. The number of hydrogen-bond acceptors (Lipinski definition) is 4. The van der Waals surface area contributed by atoms with E-state index < -0.39 is 0 Å². The van der Waals surface area contributed by atoms with Crippen LogP contribution in [-0.2, 0) is 0 Å². The molecule has 1 aliphatic heterocycles. The molecule has 0 bridgehead atoms. The molecule has 3 N–H and O–H groups in total. The monoisotopic (exact) mass is 291 g/mol. The number of hydrogen-bond donors (Lipinski definition) is 3. The van der Waals surface area contributed by atoms with Crippen molar-refractivity contribution in [2.75, 3.05) is 37.6 Å².